The predicted molar refractivity (Wildman–Crippen MR) is 69.4 cm³/mol. The molecule has 1 aliphatic rings. The molecule has 0 heterocycles. The normalized spacial score (nSPS) is 16.6. The Balaban J connectivity index is 2.41. The molecule has 0 aromatic heterocycles. The van der Waals surface area contributed by atoms with Crippen LogP contribution in [0.3, 0.4) is 0 Å². The number of rotatable bonds is 5. The fourth-order valence-corrected chi connectivity index (χ4v) is 3.94. The lowest BCUT2D eigenvalue weighted by Gasteiger charge is -2.36. The molecule has 1 fully saturated rings. The van der Waals surface area contributed by atoms with Gasteiger partial charge in [0.2, 0.25) is 10.0 Å². The first kappa shape index (κ1) is 14.2. The van der Waals surface area contributed by atoms with Crippen LogP contribution in [-0.4, -0.2) is 37.0 Å². The van der Waals surface area contributed by atoms with Crippen LogP contribution >= 0.6 is 0 Å². The molecule has 0 saturated heterocycles. The first-order valence-corrected chi connectivity index (χ1v) is 7.59. The lowest BCUT2D eigenvalue weighted by molar-refractivity contribution is 0.178. The van der Waals surface area contributed by atoms with Crippen molar-refractivity contribution in [1.29, 1.82) is 0 Å². The Morgan fingerprint density at radius 1 is 1.42 bits per heavy atom. The third kappa shape index (κ3) is 2.58. The summed E-state index contributed by atoms with van der Waals surface area (Å²) in [6, 6.07) is 3.60. The van der Waals surface area contributed by atoms with Crippen LogP contribution in [0.1, 0.15) is 19.3 Å². The zero-order valence-corrected chi connectivity index (χ0v) is 11.2. The van der Waals surface area contributed by atoms with Crippen molar-refractivity contribution in [1.82, 2.24) is 4.31 Å². The summed E-state index contributed by atoms with van der Waals surface area (Å²) in [5, 5.41) is 9.03. The molecule has 0 radical (unpaired) electrons. The van der Waals surface area contributed by atoms with E-state index in [1.807, 2.05) is 0 Å². The van der Waals surface area contributed by atoms with Crippen molar-refractivity contribution in [2.75, 3.05) is 18.9 Å². The highest BCUT2D eigenvalue weighted by atomic mass is 32.2. The van der Waals surface area contributed by atoms with Crippen molar-refractivity contribution >= 4 is 15.7 Å². The molecule has 1 aliphatic carbocycles. The summed E-state index contributed by atoms with van der Waals surface area (Å²) in [5.74, 6) is -0.751. The summed E-state index contributed by atoms with van der Waals surface area (Å²) in [7, 11) is -3.87. The highest BCUT2D eigenvalue weighted by Gasteiger charge is 2.35. The summed E-state index contributed by atoms with van der Waals surface area (Å²) in [5.41, 5.74) is 5.15. The molecule has 106 valence electrons. The zero-order valence-electron chi connectivity index (χ0n) is 10.4. The van der Waals surface area contributed by atoms with E-state index in [4.69, 9.17) is 10.8 Å². The number of para-hydroxylation sites is 1. The van der Waals surface area contributed by atoms with Crippen molar-refractivity contribution in [3.63, 3.8) is 0 Å². The molecule has 0 amide bonds. The van der Waals surface area contributed by atoms with Gasteiger partial charge in [-0.1, -0.05) is 12.5 Å². The van der Waals surface area contributed by atoms with Crippen LogP contribution in [0, 0.1) is 5.82 Å². The number of sulfonamides is 1. The Labute approximate surface area is 111 Å². The van der Waals surface area contributed by atoms with Gasteiger partial charge in [-0.15, -0.1) is 0 Å². The first-order chi connectivity index (χ1) is 8.98. The van der Waals surface area contributed by atoms with Crippen molar-refractivity contribution in [3.05, 3.63) is 24.0 Å². The van der Waals surface area contributed by atoms with Gasteiger partial charge in [-0.05, 0) is 25.0 Å². The Morgan fingerprint density at radius 2 is 2.11 bits per heavy atom. The Hall–Kier alpha value is -1.18. The lowest BCUT2D eigenvalue weighted by atomic mass is 9.93. The van der Waals surface area contributed by atoms with Crippen LogP contribution in [0.5, 0.6) is 0 Å². The van der Waals surface area contributed by atoms with E-state index in [9.17, 15) is 12.8 Å². The fourth-order valence-electron chi connectivity index (χ4n) is 2.14. The summed E-state index contributed by atoms with van der Waals surface area (Å²) >= 11 is 0. The largest absolute Gasteiger partial charge is 0.395 e. The number of nitrogens with zero attached hydrogens (tertiary/aromatic N) is 1. The van der Waals surface area contributed by atoms with Gasteiger partial charge < -0.3 is 10.8 Å². The quantitative estimate of drug-likeness (QED) is 0.790. The number of aliphatic hydroxyl groups is 1. The average molecular weight is 288 g/mol. The van der Waals surface area contributed by atoms with E-state index < -0.39 is 15.8 Å². The van der Waals surface area contributed by atoms with E-state index in [-0.39, 0.29) is 29.8 Å². The molecule has 1 aromatic carbocycles. The Bertz CT molecular complexity index is 558. The van der Waals surface area contributed by atoms with Gasteiger partial charge in [-0.25, -0.2) is 12.8 Å². The second-order valence-corrected chi connectivity index (χ2v) is 6.43. The van der Waals surface area contributed by atoms with Crippen LogP contribution in [-0.2, 0) is 10.0 Å². The maximum Gasteiger partial charge on any atom is 0.245 e. The van der Waals surface area contributed by atoms with Gasteiger partial charge in [0.05, 0.1) is 12.3 Å². The van der Waals surface area contributed by atoms with Crippen molar-refractivity contribution in [2.45, 2.75) is 30.2 Å². The number of benzene rings is 1. The second-order valence-electron chi connectivity index (χ2n) is 4.58. The molecule has 0 aliphatic heterocycles. The summed E-state index contributed by atoms with van der Waals surface area (Å²) in [6.07, 6.45) is 2.48. The van der Waals surface area contributed by atoms with Crippen LogP contribution in [0.25, 0.3) is 0 Å². The number of hydrogen-bond donors (Lipinski definition) is 2. The monoisotopic (exact) mass is 288 g/mol. The number of hydrogen-bond acceptors (Lipinski definition) is 4. The van der Waals surface area contributed by atoms with Crippen LogP contribution in [0.2, 0.25) is 0 Å². The smallest absolute Gasteiger partial charge is 0.245 e. The van der Waals surface area contributed by atoms with Crippen molar-refractivity contribution < 1.29 is 17.9 Å². The SMILES string of the molecule is Nc1c(F)cccc1S(=O)(=O)N(CCO)C1CCC1. The number of nitrogen functional groups attached to an aromatic ring is 1. The van der Waals surface area contributed by atoms with Crippen molar-refractivity contribution in [3.8, 4) is 0 Å². The molecular weight excluding hydrogens is 271 g/mol. The first-order valence-electron chi connectivity index (χ1n) is 6.15. The van der Waals surface area contributed by atoms with Crippen LogP contribution in [0.4, 0.5) is 10.1 Å². The van der Waals surface area contributed by atoms with E-state index in [0.717, 1.165) is 25.3 Å². The van der Waals surface area contributed by atoms with E-state index in [0.29, 0.717) is 0 Å². The molecule has 3 N–H and O–H groups in total. The second kappa shape index (κ2) is 5.44. The van der Waals surface area contributed by atoms with Crippen molar-refractivity contribution in [2.24, 2.45) is 0 Å². The third-order valence-corrected chi connectivity index (χ3v) is 5.41. The molecule has 0 unspecified atom stereocenters. The van der Waals surface area contributed by atoms with Gasteiger partial charge in [0.25, 0.3) is 0 Å². The van der Waals surface area contributed by atoms with Gasteiger partial charge in [0, 0.05) is 12.6 Å². The van der Waals surface area contributed by atoms with Gasteiger partial charge in [0.15, 0.2) is 0 Å². The molecule has 2 rings (SSSR count). The highest BCUT2D eigenvalue weighted by molar-refractivity contribution is 7.89. The summed E-state index contributed by atoms with van der Waals surface area (Å²) < 4.78 is 39.6. The lowest BCUT2D eigenvalue weighted by Crippen LogP contribution is -2.45. The molecule has 0 atom stereocenters. The van der Waals surface area contributed by atoms with Gasteiger partial charge in [-0.3, -0.25) is 0 Å². The molecule has 7 heteroatoms. The number of halogens is 1. The summed E-state index contributed by atoms with van der Waals surface area (Å²) in [4.78, 5) is -0.229. The topological polar surface area (TPSA) is 83.6 Å². The Morgan fingerprint density at radius 3 is 2.63 bits per heavy atom. The van der Waals surface area contributed by atoms with Crippen LogP contribution < -0.4 is 5.73 Å². The molecule has 5 nitrogen and oxygen atoms in total. The predicted octanol–water partition coefficient (Wildman–Crippen LogP) is 0.943. The Kier molecular flexibility index (Phi) is 4.07. The number of nitrogens with two attached hydrogens (primary N) is 1. The third-order valence-electron chi connectivity index (χ3n) is 3.40. The maximum atomic E-state index is 13.4. The molecule has 0 bridgehead atoms. The fraction of sp³-hybridized carbons (Fsp3) is 0.500. The molecule has 0 spiro atoms. The van der Waals surface area contributed by atoms with E-state index in [1.54, 1.807) is 0 Å². The molecule has 1 saturated carbocycles. The highest BCUT2D eigenvalue weighted by Crippen LogP contribution is 2.32. The average Bonchev–Trinajstić information content (AvgIpc) is 2.29. The van der Waals surface area contributed by atoms with E-state index >= 15 is 0 Å². The zero-order chi connectivity index (χ0) is 14.0. The maximum absolute atomic E-state index is 13.4. The number of anilines is 1. The minimum atomic E-state index is -3.87. The van der Waals surface area contributed by atoms with E-state index in [2.05, 4.69) is 0 Å². The molecule has 19 heavy (non-hydrogen) atoms. The minimum Gasteiger partial charge on any atom is -0.395 e. The van der Waals surface area contributed by atoms with Gasteiger partial charge >= 0.3 is 0 Å². The number of aliphatic hydroxyl groups excluding tert-OH is 1. The van der Waals surface area contributed by atoms with Crippen LogP contribution in [0.15, 0.2) is 23.1 Å². The van der Waals surface area contributed by atoms with Gasteiger partial charge in [-0.2, -0.15) is 4.31 Å². The summed E-state index contributed by atoms with van der Waals surface area (Å²) in [6.45, 7) is -0.270. The molecular formula is C12H17FN2O3S. The standard InChI is InChI=1S/C12H17FN2O3S/c13-10-5-2-6-11(12(10)14)19(17,18)15(7-8-16)9-3-1-4-9/h2,5-6,9,16H,1,3-4,7-8,14H2. The van der Waals surface area contributed by atoms with E-state index in [1.165, 1.54) is 16.4 Å². The molecule has 1 aromatic rings. The van der Waals surface area contributed by atoms with Gasteiger partial charge in [0.1, 0.15) is 10.7 Å². The minimum absolute atomic E-state index is 0.00293.